The van der Waals surface area contributed by atoms with Crippen molar-refractivity contribution in [2.75, 3.05) is 18.0 Å². The van der Waals surface area contributed by atoms with Gasteiger partial charge < -0.3 is 5.32 Å². The summed E-state index contributed by atoms with van der Waals surface area (Å²) in [5.41, 5.74) is 2.52. The zero-order chi connectivity index (χ0) is 19.4. The van der Waals surface area contributed by atoms with Crippen LogP contribution in [0.25, 0.3) is 0 Å². The van der Waals surface area contributed by atoms with Gasteiger partial charge in [-0.25, -0.2) is 0 Å². The monoisotopic (exact) mass is 386 g/mol. The van der Waals surface area contributed by atoms with Crippen LogP contribution in [0.5, 0.6) is 0 Å². The van der Waals surface area contributed by atoms with E-state index in [0.717, 1.165) is 17.8 Å². The molecule has 3 rings (SSSR count). The third-order valence-electron chi connectivity index (χ3n) is 4.71. The number of hydrogen-bond donors (Lipinski definition) is 1. The standard InChI is InChI=1S/C20H26N4O2S/c1-13(2)19-22-23-20(27-19)24-12-16(11-17(24)25)18(26)21-10-4-5-15-8-6-14(3)7-9-15/h6-9,13,16H,4-5,10-12H2,1-3H3,(H,21,26). The summed E-state index contributed by atoms with van der Waals surface area (Å²) in [6.45, 7) is 7.16. The minimum atomic E-state index is -0.316. The molecule has 1 atom stereocenters. The second-order valence-electron chi connectivity index (χ2n) is 7.36. The number of amides is 2. The summed E-state index contributed by atoms with van der Waals surface area (Å²) in [5, 5.41) is 12.7. The molecule has 1 unspecified atom stereocenters. The molecule has 1 aliphatic heterocycles. The van der Waals surface area contributed by atoms with Crippen LogP contribution >= 0.6 is 11.3 Å². The lowest BCUT2D eigenvalue weighted by molar-refractivity contribution is -0.126. The van der Waals surface area contributed by atoms with Gasteiger partial charge in [-0.05, 0) is 25.3 Å². The zero-order valence-electron chi connectivity index (χ0n) is 16.1. The van der Waals surface area contributed by atoms with Gasteiger partial charge >= 0.3 is 0 Å². The van der Waals surface area contributed by atoms with Crippen molar-refractivity contribution in [1.82, 2.24) is 15.5 Å². The van der Waals surface area contributed by atoms with Crippen LogP contribution < -0.4 is 10.2 Å². The number of rotatable bonds is 7. The first-order valence-electron chi connectivity index (χ1n) is 9.41. The minimum Gasteiger partial charge on any atom is -0.356 e. The Bertz CT molecular complexity index is 801. The summed E-state index contributed by atoms with van der Waals surface area (Å²) in [7, 11) is 0. The van der Waals surface area contributed by atoms with Gasteiger partial charge in [0.1, 0.15) is 5.01 Å². The highest BCUT2D eigenvalue weighted by molar-refractivity contribution is 7.15. The Kier molecular flexibility index (Phi) is 6.21. The summed E-state index contributed by atoms with van der Waals surface area (Å²) >= 11 is 1.43. The van der Waals surface area contributed by atoms with Crippen molar-refractivity contribution < 1.29 is 9.59 Å². The molecule has 1 fully saturated rings. The van der Waals surface area contributed by atoms with Gasteiger partial charge in [0.05, 0.1) is 5.92 Å². The Hall–Kier alpha value is -2.28. The lowest BCUT2D eigenvalue weighted by Crippen LogP contribution is -2.33. The predicted octanol–water partition coefficient (Wildman–Crippen LogP) is 3.07. The first kappa shape index (κ1) is 19.5. The van der Waals surface area contributed by atoms with E-state index >= 15 is 0 Å². The first-order valence-corrected chi connectivity index (χ1v) is 10.2. The van der Waals surface area contributed by atoms with Crippen molar-refractivity contribution >= 4 is 28.3 Å². The molecular formula is C20H26N4O2S. The molecule has 6 nitrogen and oxygen atoms in total. The number of aromatic nitrogens is 2. The molecule has 2 heterocycles. The smallest absolute Gasteiger partial charge is 0.229 e. The molecule has 0 spiro atoms. The third kappa shape index (κ3) is 4.91. The van der Waals surface area contributed by atoms with E-state index < -0.39 is 0 Å². The summed E-state index contributed by atoms with van der Waals surface area (Å²) in [6, 6.07) is 8.45. The summed E-state index contributed by atoms with van der Waals surface area (Å²) in [4.78, 5) is 26.3. The quantitative estimate of drug-likeness (QED) is 0.742. The van der Waals surface area contributed by atoms with Gasteiger partial charge in [0, 0.05) is 25.4 Å². The lowest BCUT2D eigenvalue weighted by atomic mass is 10.1. The van der Waals surface area contributed by atoms with Crippen LogP contribution in [0, 0.1) is 12.8 Å². The Morgan fingerprint density at radius 3 is 2.70 bits per heavy atom. The molecule has 1 aliphatic rings. The maximum absolute atomic E-state index is 12.4. The fourth-order valence-corrected chi connectivity index (χ4v) is 3.91. The summed E-state index contributed by atoms with van der Waals surface area (Å²) in [6.07, 6.45) is 2.05. The summed E-state index contributed by atoms with van der Waals surface area (Å²) in [5.74, 6) is -0.144. The van der Waals surface area contributed by atoms with Crippen LogP contribution in [0.4, 0.5) is 5.13 Å². The number of nitrogens with one attached hydrogen (secondary N) is 1. The van der Waals surface area contributed by atoms with Gasteiger partial charge in [-0.2, -0.15) is 0 Å². The fraction of sp³-hybridized carbons (Fsp3) is 0.500. The number of hydrogen-bond acceptors (Lipinski definition) is 5. The van der Waals surface area contributed by atoms with Crippen molar-refractivity contribution in [2.24, 2.45) is 5.92 Å². The normalized spacial score (nSPS) is 17.0. The van der Waals surface area contributed by atoms with Gasteiger partial charge in [-0.15, -0.1) is 10.2 Å². The molecule has 144 valence electrons. The third-order valence-corrected chi connectivity index (χ3v) is 5.96. The Morgan fingerprint density at radius 1 is 1.30 bits per heavy atom. The molecule has 1 saturated heterocycles. The number of carbonyl (C=O) groups excluding carboxylic acids is 2. The number of carbonyl (C=O) groups is 2. The topological polar surface area (TPSA) is 75.2 Å². The SMILES string of the molecule is Cc1ccc(CCCNC(=O)C2CC(=O)N(c3nnc(C(C)C)s3)C2)cc1. The Labute approximate surface area is 164 Å². The molecule has 0 bridgehead atoms. The van der Waals surface area contributed by atoms with Crippen molar-refractivity contribution in [2.45, 2.75) is 46.0 Å². The van der Waals surface area contributed by atoms with Crippen LogP contribution in [0.15, 0.2) is 24.3 Å². The second kappa shape index (κ2) is 8.61. The Morgan fingerprint density at radius 2 is 2.04 bits per heavy atom. The second-order valence-corrected chi connectivity index (χ2v) is 8.35. The van der Waals surface area contributed by atoms with Gasteiger partial charge in [-0.1, -0.05) is 55.0 Å². The average Bonchev–Trinajstić information content (AvgIpc) is 3.27. The van der Waals surface area contributed by atoms with E-state index in [1.54, 1.807) is 4.90 Å². The minimum absolute atomic E-state index is 0.0524. The van der Waals surface area contributed by atoms with Gasteiger partial charge in [-0.3, -0.25) is 14.5 Å². The molecule has 1 aromatic carbocycles. The van der Waals surface area contributed by atoms with E-state index in [1.165, 1.54) is 22.5 Å². The molecule has 2 aromatic rings. The molecule has 0 aliphatic carbocycles. The van der Waals surface area contributed by atoms with E-state index in [9.17, 15) is 9.59 Å². The van der Waals surface area contributed by atoms with Gasteiger partial charge in [0.15, 0.2) is 0 Å². The number of nitrogens with zero attached hydrogens (tertiary/aromatic N) is 3. The molecule has 1 aromatic heterocycles. The van der Waals surface area contributed by atoms with Crippen LogP contribution in [-0.4, -0.2) is 35.1 Å². The molecule has 27 heavy (non-hydrogen) atoms. The highest BCUT2D eigenvalue weighted by atomic mass is 32.1. The van der Waals surface area contributed by atoms with Crippen LogP contribution in [0.2, 0.25) is 0 Å². The molecule has 0 saturated carbocycles. The van der Waals surface area contributed by atoms with Crippen molar-refractivity contribution in [3.8, 4) is 0 Å². The van der Waals surface area contributed by atoms with E-state index in [0.29, 0.717) is 18.2 Å². The maximum atomic E-state index is 12.4. The molecule has 7 heteroatoms. The van der Waals surface area contributed by atoms with Crippen molar-refractivity contribution in [3.63, 3.8) is 0 Å². The zero-order valence-corrected chi connectivity index (χ0v) is 16.9. The highest BCUT2D eigenvalue weighted by Gasteiger charge is 2.36. The largest absolute Gasteiger partial charge is 0.356 e. The van der Waals surface area contributed by atoms with E-state index in [2.05, 4.69) is 46.7 Å². The number of anilines is 1. The number of aryl methyl sites for hydroxylation is 2. The molecule has 0 radical (unpaired) electrons. The molecule has 2 amide bonds. The Balaban J connectivity index is 1.46. The maximum Gasteiger partial charge on any atom is 0.229 e. The average molecular weight is 387 g/mol. The highest BCUT2D eigenvalue weighted by Crippen LogP contribution is 2.30. The van der Waals surface area contributed by atoms with E-state index in [1.807, 2.05) is 13.8 Å². The number of benzene rings is 1. The predicted molar refractivity (Wildman–Crippen MR) is 107 cm³/mol. The fourth-order valence-electron chi connectivity index (χ4n) is 3.04. The van der Waals surface area contributed by atoms with Crippen molar-refractivity contribution in [3.05, 3.63) is 40.4 Å². The van der Waals surface area contributed by atoms with Crippen LogP contribution in [-0.2, 0) is 16.0 Å². The van der Waals surface area contributed by atoms with E-state index in [-0.39, 0.29) is 30.1 Å². The molecular weight excluding hydrogens is 360 g/mol. The lowest BCUT2D eigenvalue weighted by Gasteiger charge is -2.12. The van der Waals surface area contributed by atoms with E-state index in [4.69, 9.17) is 0 Å². The first-order chi connectivity index (χ1) is 12.9. The molecule has 1 N–H and O–H groups in total. The van der Waals surface area contributed by atoms with Gasteiger partial charge in [0.2, 0.25) is 16.9 Å². The van der Waals surface area contributed by atoms with Crippen molar-refractivity contribution in [1.29, 1.82) is 0 Å². The van der Waals surface area contributed by atoms with Gasteiger partial charge in [0.25, 0.3) is 0 Å². The van der Waals surface area contributed by atoms with Crippen LogP contribution in [0.3, 0.4) is 0 Å². The summed E-state index contributed by atoms with van der Waals surface area (Å²) < 4.78 is 0. The van der Waals surface area contributed by atoms with Crippen LogP contribution in [0.1, 0.15) is 48.7 Å².